The van der Waals surface area contributed by atoms with Crippen LogP contribution in [0.15, 0.2) is 36.4 Å². The molecule has 1 fully saturated rings. The topological polar surface area (TPSA) is 140 Å². The highest BCUT2D eigenvalue weighted by molar-refractivity contribution is 5.98. The minimum Gasteiger partial charge on any atom is -0.493 e. The summed E-state index contributed by atoms with van der Waals surface area (Å²) >= 11 is 0. The van der Waals surface area contributed by atoms with Crippen molar-refractivity contribution in [3.63, 3.8) is 0 Å². The van der Waals surface area contributed by atoms with Crippen molar-refractivity contribution in [2.24, 2.45) is 5.73 Å². The maximum absolute atomic E-state index is 13.8. The molecule has 2 aromatic rings. The third-order valence-electron chi connectivity index (χ3n) is 4.66. The average Bonchev–Trinajstić information content (AvgIpc) is 2.96. The van der Waals surface area contributed by atoms with E-state index in [0.717, 1.165) is 19.8 Å². The normalized spacial score (nSPS) is 15.3. The highest BCUT2D eigenvalue weighted by Gasteiger charge is 2.23. The quantitative estimate of drug-likeness (QED) is 0.518. The second-order valence-electron chi connectivity index (χ2n) is 7.30. The molecule has 0 aliphatic carbocycles. The smallest absolute Gasteiger partial charge is 0.300 e. The Labute approximate surface area is 191 Å². The van der Waals surface area contributed by atoms with E-state index in [4.69, 9.17) is 25.1 Å². The molecule has 1 unspecified atom stereocenters. The van der Waals surface area contributed by atoms with Crippen molar-refractivity contribution >= 4 is 17.8 Å². The zero-order valence-electron chi connectivity index (χ0n) is 18.5. The molecule has 1 aliphatic heterocycles. The number of carbonyl (C=O) groups excluding carboxylic acids is 2. The lowest BCUT2D eigenvalue weighted by molar-refractivity contribution is -0.134. The molecule has 1 saturated heterocycles. The van der Waals surface area contributed by atoms with Gasteiger partial charge in [0.05, 0.1) is 7.11 Å². The third kappa shape index (κ3) is 8.08. The van der Waals surface area contributed by atoms with Gasteiger partial charge < -0.3 is 30.9 Å². The van der Waals surface area contributed by atoms with Crippen LogP contribution >= 0.6 is 0 Å². The van der Waals surface area contributed by atoms with E-state index >= 15 is 0 Å². The molecule has 1 heterocycles. The van der Waals surface area contributed by atoms with Gasteiger partial charge in [0.25, 0.3) is 11.9 Å². The number of amides is 2. The van der Waals surface area contributed by atoms with Crippen LogP contribution in [-0.2, 0) is 16.1 Å². The summed E-state index contributed by atoms with van der Waals surface area (Å²) in [6.07, 6.45) is 2.32. The molecule has 0 spiro atoms. The first-order valence-corrected chi connectivity index (χ1v) is 10.4. The maximum atomic E-state index is 13.8. The molecule has 0 radical (unpaired) electrons. The summed E-state index contributed by atoms with van der Waals surface area (Å²) in [5.74, 6) is -1.03. The van der Waals surface area contributed by atoms with E-state index in [1.807, 2.05) is 0 Å². The number of rotatable bonds is 6. The van der Waals surface area contributed by atoms with Crippen molar-refractivity contribution in [3.8, 4) is 17.2 Å². The van der Waals surface area contributed by atoms with E-state index in [2.05, 4.69) is 10.6 Å². The van der Waals surface area contributed by atoms with Crippen molar-refractivity contribution in [1.82, 2.24) is 10.6 Å². The third-order valence-corrected chi connectivity index (χ3v) is 4.66. The van der Waals surface area contributed by atoms with Crippen LogP contribution in [0.2, 0.25) is 0 Å². The van der Waals surface area contributed by atoms with Crippen LogP contribution in [0.5, 0.6) is 17.2 Å². The largest absolute Gasteiger partial charge is 0.493 e. The van der Waals surface area contributed by atoms with Crippen molar-refractivity contribution in [2.75, 3.05) is 13.7 Å². The molecule has 178 valence electrons. The van der Waals surface area contributed by atoms with Crippen molar-refractivity contribution in [2.45, 2.75) is 38.8 Å². The summed E-state index contributed by atoms with van der Waals surface area (Å²) in [6.45, 7) is 1.86. The Kier molecular flexibility index (Phi) is 9.62. The van der Waals surface area contributed by atoms with Gasteiger partial charge in [-0.15, -0.1) is 0 Å². The number of nitrogens with one attached hydrogen (secondary N) is 2. The number of carboxylic acids is 1. The van der Waals surface area contributed by atoms with Crippen LogP contribution in [0.1, 0.15) is 42.1 Å². The van der Waals surface area contributed by atoms with Gasteiger partial charge in [-0.3, -0.25) is 14.4 Å². The lowest BCUT2D eigenvalue weighted by Gasteiger charge is -2.16. The summed E-state index contributed by atoms with van der Waals surface area (Å²) in [5, 5.41) is 13.0. The van der Waals surface area contributed by atoms with Gasteiger partial charge in [-0.1, -0.05) is 0 Å². The standard InChI is InChI=1S/C21H24FN3O4.C2H4O2/c1-28-18-6-5-14(20(26)25-17-4-2-3-7-24-21(17)27)10-19(18)29-16-9-13(12-23)8-15(22)11-16;1-2(3)4/h5-6,8-11,17H,2-4,7,12,23H2,1H3,(H,24,27)(H,25,26);1H3,(H,3,4). The van der Waals surface area contributed by atoms with Gasteiger partial charge in [0.1, 0.15) is 17.6 Å². The lowest BCUT2D eigenvalue weighted by atomic mass is 10.1. The minimum absolute atomic E-state index is 0.164. The summed E-state index contributed by atoms with van der Waals surface area (Å²) in [7, 11) is 1.47. The van der Waals surface area contributed by atoms with E-state index in [1.165, 1.54) is 25.3 Å². The molecule has 0 saturated carbocycles. The molecule has 2 aromatic carbocycles. The molecule has 3 rings (SSSR count). The first-order valence-electron chi connectivity index (χ1n) is 10.4. The Morgan fingerprint density at radius 3 is 2.61 bits per heavy atom. The number of hydrogen-bond acceptors (Lipinski definition) is 6. The summed E-state index contributed by atoms with van der Waals surface area (Å²) in [4.78, 5) is 33.7. The Morgan fingerprint density at radius 1 is 1.21 bits per heavy atom. The van der Waals surface area contributed by atoms with E-state index < -0.39 is 23.7 Å². The Balaban J connectivity index is 0.000000890. The first kappa shape index (κ1) is 25.6. The van der Waals surface area contributed by atoms with Crippen LogP contribution in [0.25, 0.3) is 0 Å². The van der Waals surface area contributed by atoms with E-state index in [1.54, 1.807) is 18.2 Å². The lowest BCUT2D eigenvalue weighted by Crippen LogP contribution is -2.45. The number of carboxylic acid groups (broad SMARTS) is 1. The van der Waals surface area contributed by atoms with Crippen LogP contribution in [0, 0.1) is 5.82 Å². The number of aliphatic carboxylic acids is 1. The van der Waals surface area contributed by atoms with Gasteiger partial charge >= 0.3 is 0 Å². The van der Waals surface area contributed by atoms with Crippen LogP contribution in [0.3, 0.4) is 0 Å². The van der Waals surface area contributed by atoms with Crippen molar-refractivity contribution in [3.05, 3.63) is 53.3 Å². The fourth-order valence-electron chi connectivity index (χ4n) is 3.14. The first-order chi connectivity index (χ1) is 15.7. The van der Waals surface area contributed by atoms with Gasteiger partial charge in [-0.25, -0.2) is 4.39 Å². The number of nitrogens with two attached hydrogens (primary N) is 1. The Morgan fingerprint density at radius 2 is 1.94 bits per heavy atom. The van der Waals surface area contributed by atoms with Gasteiger partial charge in [0.15, 0.2) is 11.5 Å². The molecule has 9 nitrogen and oxygen atoms in total. The Bertz CT molecular complexity index is 994. The number of ether oxygens (including phenoxy) is 2. The fourth-order valence-corrected chi connectivity index (χ4v) is 3.14. The second-order valence-corrected chi connectivity index (χ2v) is 7.30. The molecule has 2 amide bonds. The number of benzene rings is 2. The zero-order chi connectivity index (χ0) is 24.4. The fraction of sp³-hybridized carbons (Fsp3) is 0.348. The number of halogens is 1. The van der Waals surface area contributed by atoms with Crippen LogP contribution < -0.4 is 25.8 Å². The molecule has 0 aromatic heterocycles. The van der Waals surface area contributed by atoms with Gasteiger partial charge in [0.2, 0.25) is 5.91 Å². The van der Waals surface area contributed by atoms with Gasteiger partial charge in [0, 0.05) is 31.6 Å². The molecule has 10 heteroatoms. The minimum atomic E-state index is -0.833. The predicted octanol–water partition coefficient (Wildman–Crippen LogP) is 2.57. The van der Waals surface area contributed by atoms with Crippen LogP contribution in [-0.4, -0.2) is 42.6 Å². The maximum Gasteiger partial charge on any atom is 0.300 e. The molecular weight excluding hydrogens is 433 g/mol. The summed E-state index contributed by atoms with van der Waals surface area (Å²) < 4.78 is 24.8. The van der Waals surface area contributed by atoms with E-state index in [0.29, 0.717) is 29.8 Å². The van der Waals surface area contributed by atoms with Crippen molar-refractivity contribution < 1.29 is 33.4 Å². The highest BCUT2D eigenvalue weighted by Crippen LogP contribution is 2.33. The van der Waals surface area contributed by atoms with E-state index in [9.17, 15) is 14.0 Å². The Hall–Kier alpha value is -3.66. The number of methoxy groups -OCH3 is 1. The average molecular weight is 461 g/mol. The second kappa shape index (κ2) is 12.4. The highest BCUT2D eigenvalue weighted by atomic mass is 19.1. The van der Waals surface area contributed by atoms with Gasteiger partial charge in [-0.2, -0.15) is 0 Å². The molecule has 33 heavy (non-hydrogen) atoms. The number of hydrogen-bond donors (Lipinski definition) is 4. The van der Waals surface area contributed by atoms with E-state index in [-0.39, 0.29) is 24.0 Å². The van der Waals surface area contributed by atoms with Gasteiger partial charge in [-0.05, 0) is 55.2 Å². The molecule has 0 bridgehead atoms. The van der Waals surface area contributed by atoms with Crippen molar-refractivity contribution in [1.29, 1.82) is 0 Å². The predicted molar refractivity (Wildman–Crippen MR) is 119 cm³/mol. The molecule has 5 N–H and O–H groups in total. The number of carbonyl (C=O) groups is 3. The SMILES string of the molecule is CC(=O)O.COc1ccc(C(=O)NC2CCCCNC2=O)cc1Oc1cc(F)cc(CN)c1. The summed E-state index contributed by atoms with van der Waals surface area (Å²) in [6, 6.07) is 8.24. The van der Waals surface area contributed by atoms with Crippen LogP contribution in [0.4, 0.5) is 4.39 Å². The zero-order valence-corrected chi connectivity index (χ0v) is 18.5. The summed E-state index contributed by atoms with van der Waals surface area (Å²) in [5.41, 5.74) is 6.46. The monoisotopic (exact) mass is 461 g/mol. The molecule has 1 atom stereocenters. The molecule has 1 aliphatic rings. The molecular formula is C23H28FN3O6.